The molecule has 0 saturated heterocycles. The number of benzene rings is 2. The zero-order chi connectivity index (χ0) is 19.6. The number of hydrogen-bond donors (Lipinski definition) is 0. The summed E-state index contributed by atoms with van der Waals surface area (Å²) in [6.07, 6.45) is 6.47. The van der Waals surface area contributed by atoms with Crippen LogP contribution >= 0.6 is 0 Å². The summed E-state index contributed by atoms with van der Waals surface area (Å²) < 4.78 is 7.41. The highest BCUT2D eigenvalue weighted by Crippen LogP contribution is 2.33. The van der Waals surface area contributed by atoms with E-state index in [9.17, 15) is 0 Å². The molecule has 0 saturated carbocycles. The number of rotatable bonds is 5. The van der Waals surface area contributed by atoms with Crippen LogP contribution in [0.15, 0.2) is 73.3 Å². The highest BCUT2D eigenvalue weighted by molar-refractivity contribution is 5.41. The van der Waals surface area contributed by atoms with Gasteiger partial charge in [-0.1, -0.05) is 61.0 Å². The van der Waals surface area contributed by atoms with Crippen molar-refractivity contribution < 1.29 is 4.74 Å². The van der Waals surface area contributed by atoms with Crippen LogP contribution < -0.4 is 4.74 Å². The van der Waals surface area contributed by atoms with Crippen LogP contribution in [-0.4, -0.2) is 25.0 Å². The summed E-state index contributed by atoms with van der Waals surface area (Å²) in [7, 11) is 0. The lowest BCUT2D eigenvalue weighted by molar-refractivity contribution is 0.457. The molecule has 0 aliphatic heterocycles. The van der Waals surface area contributed by atoms with Crippen LogP contribution in [0, 0.1) is 6.92 Å². The molecule has 2 aromatic carbocycles. The fourth-order valence-corrected chi connectivity index (χ4v) is 3.03. The quantitative estimate of drug-likeness (QED) is 0.517. The minimum atomic E-state index is -0.0982. The Morgan fingerprint density at radius 3 is 2.21 bits per heavy atom. The van der Waals surface area contributed by atoms with E-state index in [4.69, 9.17) is 4.74 Å². The Morgan fingerprint density at radius 2 is 1.57 bits per heavy atom. The molecule has 0 unspecified atom stereocenters. The van der Waals surface area contributed by atoms with Gasteiger partial charge in [0.05, 0.1) is 24.8 Å². The molecule has 6 heteroatoms. The SMILES string of the molecule is Cc1ccc(C(C)(C)c2ccc(Oc3cncc(-n4ccnn4)n3)cc2)cc1. The van der Waals surface area contributed by atoms with Crippen molar-refractivity contribution in [3.63, 3.8) is 0 Å². The van der Waals surface area contributed by atoms with E-state index in [1.165, 1.54) is 21.4 Å². The van der Waals surface area contributed by atoms with Gasteiger partial charge >= 0.3 is 0 Å². The zero-order valence-corrected chi connectivity index (χ0v) is 16.1. The monoisotopic (exact) mass is 371 g/mol. The van der Waals surface area contributed by atoms with Gasteiger partial charge in [0.15, 0.2) is 5.82 Å². The van der Waals surface area contributed by atoms with Crippen LogP contribution in [0.1, 0.15) is 30.5 Å². The fourth-order valence-electron chi connectivity index (χ4n) is 3.03. The second-order valence-electron chi connectivity index (χ2n) is 7.18. The molecule has 0 radical (unpaired) electrons. The number of ether oxygens (including phenoxy) is 1. The van der Waals surface area contributed by atoms with Gasteiger partial charge < -0.3 is 4.74 Å². The van der Waals surface area contributed by atoms with Crippen LogP contribution in [0.2, 0.25) is 0 Å². The highest BCUT2D eigenvalue weighted by atomic mass is 16.5. The fraction of sp³-hybridized carbons (Fsp3) is 0.182. The zero-order valence-electron chi connectivity index (χ0n) is 16.1. The molecule has 0 atom stereocenters. The van der Waals surface area contributed by atoms with Gasteiger partial charge in [-0.05, 0) is 30.2 Å². The molecule has 4 rings (SSSR count). The van der Waals surface area contributed by atoms with Gasteiger partial charge in [0, 0.05) is 5.41 Å². The molecule has 0 bridgehead atoms. The van der Waals surface area contributed by atoms with E-state index >= 15 is 0 Å². The normalized spacial score (nSPS) is 11.4. The maximum absolute atomic E-state index is 5.87. The van der Waals surface area contributed by atoms with Crippen molar-refractivity contribution >= 4 is 0 Å². The molecule has 0 N–H and O–H groups in total. The van der Waals surface area contributed by atoms with E-state index in [2.05, 4.69) is 77.4 Å². The Bertz CT molecular complexity index is 1060. The molecule has 0 fully saturated rings. The third-order valence-electron chi connectivity index (χ3n) is 4.83. The molecular weight excluding hydrogens is 350 g/mol. The number of hydrogen-bond acceptors (Lipinski definition) is 5. The second kappa shape index (κ2) is 7.23. The highest BCUT2D eigenvalue weighted by Gasteiger charge is 2.22. The van der Waals surface area contributed by atoms with Gasteiger partial charge in [0.2, 0.25) is 5.88 Å². The molecule has 0 amide bonds. The molecule has 140 valence electrons. The van der Waals surface area contributed by atoms with Crippen LogP contribution in [0.3, 0.4) is 0 Å². The van der Waals surface area contributed by atoms with E-state index < -0.39 is 0 Å². The van der Waals surface area contributed by atoms with Gasteiger partial charge in [0.25, 0.3) is 0 Å². The van der Waals surface area contributed by atoms with Crippen molar-refractivity contribution in [3.05, 3.63) is 90.0 Å². The third kappa shape index (κ3) is 3.62. The van der Waals surface area contributed by atoms with E-state index in [0.29, 0.717) is 17.4 Å². The number of nitrogens with zero attached hydrogens (tertiary/aromatic N) is 5. The Morgan fingerprint density at radius 1 is 0.893 bits per heavy atom. The van der Waals surface area contributed by atoms with Crippen LogP contribution in [0.25, 0.3) is 5.82 Å². The summed E-state index contributed by atoms with van der Waals surface area (Å²) in [6.45, 7) is 6.55. The largest absolute Gasteiger partial charge is 0.437 e. The predicted molar refractivity (Wildman–Crippen MR) is 107 cm³/mol. The first kappa shape index (κ1) is 17.9. The van der Waals surface area contributed by atoms with Gasteiger partial charge in [-0.15, -0.1) is 5.10 Å². The summed E-state index contributed by atoms with van der Waals surface area (Å²) in [5.74, 6) is 1.65. The molecule has 2 heterocycles. The minimum absolute atomic E-state index is 0.0982. The van der Waals surface area contributed by atoms with Crippen molar-refractivity contribution in [3.8, 4) is 17.4 Å². The Kier molecular flexibility index (Phi) is 4.61. The molecule has 0 spiro atoms. The molecule has 2 aromatic heterocycles. The molecule has 0 aliphatic carbocycles. The summed E-state index contributed by atoms with van der Waals surface area (Å²) >= 11 is 0. The lowest BCUT2D eigenvalue weighted by Crippen LogP contribution is -2.18. The molecule has 6 nitrogen and oxygen atoms in total. The predicted octanol–water partition coefficient (Wildman–Crippen LogP) is 4.48. The van der Waals surface area contributed by atoms with Crippen molar-refractivity contribution in [2.75, 3.05) is 0 Å². The maximum Gasteiger partial charge on any atom is 0.239 e. The van der Waals surface area contributed by atoms with Gasteiger partial charge in [-0.2, -0.15) is 4.98 Å². The van der Waals surface area contributed by atoms with E-state index in [-0.39, 0.29) is 5.41 Å². The second-order valence-corrected chi connectivity index (χ2v) is 7.18. The number of aromatic nitrogens is 5. The Hall–Kier alpha value is -3.54. The van der Waals surface area contributed by atoms with E-state index in [1.807, 2.05) is 12.1 Å². The van der Waals surface area contributed by atoms with Crippen molar-refractivity contribution in [2.24, 2.45) is 0 Å². The first-order valence-corrected chi connectivity index (χ1v) is 9.07. The van der Waals surface area contributed by atoms with Crippen molar-refractivity contribution in [1.29, 1.82) is 0 Å². The molecule has 4 aromatic rings. The summed E-state index contributed by atoms with van der Waals surface area (Å²) in [6, 6.07) is 16.7. The van der Waals surface area contributed by atoms with Gasteiger partial charge in [-0.25, -0.2) is 4.68 Å². The lowest BCUT2D eigenvalue weighted by Gasteiger charge is -2.26. The first-order valence-electron chi connectivity index (χ1n) is 9.07. The van der Waals surface area contributed by atoms with Gasteiger partial charge in [-0.3, -0.25) is 4.98 Å². The van der Waals surface area contributed by atoms with E-state index in [1.54, 1.807) is 24.8 Å². The maximum atomic E-state index is 5.87. The van der Waals surface area contributed by atoms with Crippen LogP contribution in [0.5, 0.6) is 11.6 Å². The summed E-state index contributed by atoms with van der Waals surface area (Å²) in [4.78, 5) is 8.58. The van der Waals surface area contributed by atoms with Gasteiger partial charge in [0.1, 0.15) is 5.75 Å². The molecule has 28 heavy (non-hydrogen) atoms. The third-order valence-corrected chi connectivity index (χ3v) is 4.83. The van der Waals surface area contributed by atoms with Crippen molar-refractivity contribution in [2.45, 2.75) is 26.2 Å². The standard InChI is InChI=1S/C22H21N5O/c1-16-4-6-17(7-5-16)22(2,3)18-8-10-19(11-9-18)28-21-15-23-14-20(25-21)27-13-12-24-26-27/h4-15H,1-3H3. The summed E-state index contributed by atoms with van der Waals surface area (Å²) in [5.41, 5.74) is 3.65. The minimum Gasteiger partial charge on any atom is -0.437 e. The van der Waals surface area contributed by atoms with Crippen molar-refractivity contribution in [1.82, 2.24) is 25.0 Å². The topological polar surface area (TPSA) is 65.7 Å². The van der Waals surface area contributed by atoms with Crippen LogP contribution in [-0.2, 0) is 5.41 Å². The average molecular weight is 371 g/mol. The smallest absolute Gasteiger partial charge is 0.239 e. The Labute approximate surface area is 163 Å². The average Bonchev–Trinajstić information content (AvgIpc) is 3.24. The molecule has 0 aliphatic rings. The first-order chi connectivity index (χ1) is 13.5. The summed E-state index contributed by atoms with van der Waals surface area (Å²) in [5, 5.41) is 7.70. The van der Waals surface area contributed by atoms with E-state index in [0.717, 1.165) is 0 Å². The Balaban J connectivity index is 1.54. The number of aryl methyl sites for hydroxylation is 1. The molecular formula is C22H21N5O. The van der Waals surface area contributed by atoms with Crippen LogP contribution in [0.4, 0.5) is 0 Å². The lowest BCUT2D eigenvalue weighted by atomic mass is 9.78.